The maximum Gasteiger partial charge on any atom is 0.145 e. The normalized spacial score (nSPS) is 20.9. The average Bonchev–Trinajstić information content (AvgIpc) is 2.47. The zero-order valence-corrected chi connectivity index (χ0v) is 14.0. The predicted octanol–water partition coefficient (Wildman–Crippen LogP) is 3.50. The standard InChI is InChI=1S/C16H25ClN2O2/c1-11(12-6-5-7-19(2)10-12)18-14-8-13(17)15(20-3)9-16(14)21-4/h8-9,11-12,18H,5-7,10H2,1-4H3. The lowest BCUT2D eigenvalue weighted by Crippen LogP contribution is -2.39. The maximum absolute atomic E-state index is 6.22. The molecule has 1 aliphatic heterocycles. The highest BCUT2D eigenvalue weighted by Gasteiger charge is 2.23. The topological polar surface area (TPSA) is 33.7 Å². The van der Waals surface area contributed by atoms with Crippen molar-refractivity contribution in [2.24, 2.45) is 5.92 Å². The molecule has 1 aromatic carbocycles. The van der Waals surface area contributed by atoms with E-state index in [4.69, 9.17) is 21.1 Å². The van der Waals surface area contributed by atoms with E-state index in [0.717, 1.165) is 18.0 Å². The molecule has 2 rings (SSSR count). The lowest BCUT2D eigenvalue weighted by Gasteiger charge is -2.34. The third-order valence-corrected chi connectivity index (χ3v) is 4.52. The lowest BCUT2D eigenvalue weighted by atomic mass is 9.91. The summed E-state index contributed by atoms with van der Waals surface area (Å²) in [7, 11) is 5.45. The molecule has 1 saturated heterocycles. The Labute approximate surface area is 132 Å². The van der Waals surface area contributed by atoms with Crippen LogP contribution in [0.3, 0.4) is 0 Å². The van der Waals surface area contributed by atoms with Crippen molar-refractivity contribution in [1.29, 1.82) is 0 Å². The number of rotatable bonds is 5. The van der Waals surface area contributed by atoms with Gasteiger partial charge in [0.2, 0.25) is 0 Å². The SMILES string of the molecule is COc1cc(OC)c(NC(C)C2CCCN(C)C2)cc1Cl. The Kier molecular flexibility index (Phi) is 5.59. The molecule has 5 heteroatoms. The maximum atomic E-state index is 6.22. The molecule has 2 atom stereocenters. The summed E-state index contributed by atoms with van der Waals surface area (Å²) in [6.45, 7) is 4.54. The number of ether oxygens (including phenoxy) is 2. The zero-order valence-electron chi connectivity index (χ0n) is 13.3. The van der Waals surface area contributed by atoms with Crippen molar-refractivity contribution in [3.8, 4) is 11.5 Å². The first-order valence-corrected chi connectivity index (χ1v) is 7.79. The molecule has 0 aromatic heterocycles. The van der Waals surface area contributed by atoms with Gasteiger partial charge in [0.15, 0.2) is 0 Å². The minimum atomic E-state index is 0.367. The number of anilines is 1. The molecule has 2 unspecified atom stereocenters. The van der Waals surface area contributed by atoms with E-state index in [1.807, 2.05) is 12.1 Å². The molecule has 1 N–H and O–H groups in total. The summed E-state index contributed by atoms with van der Waals surface area (Å²) in [5, 5.41) is 4.14. The van der Waals surface area contributed by atoms with Crippen molar-refractivity contribution >= 4 is 17.3 Å². The molecular weight excluding hydrogens is 288 g/mol. The molecule has 21 heavy (non-hydrogen) atoms. The Hall–Kier alpha value is -1.13. The van der Waals surface area contributed by atoms with Crippen molar-refractivity contribution in [3.63, 3.8) is 0 Å². The van der Waals surface area contributed by atoms with Crippen molar-refractivity contribution < 1.29 is 9.47 Å². The number of nitrogens with zero attached hydrogens (tertiary/aromatic N) is 1. The van der Waals surface area contributed by atoms with E-state index in [2.05, 4.69) is 24.2 Å². The highest BCUT2D eigenvalue weighted by molar-refractivity contribution is 6.32. The number of methoxy groups -OCH3 is 2. The van der Waals surface area contributed by atoms with Crippen LogP contribution < -0.4 is 14.8 Å². The number of likely N-dealkylation sites (tertiary alicyclic amines) is 1. The van der Waals surface area contributed by atoms with Crippen LogP contribution in [0.2, 0.25) is 5.02 Å². The van der Waals surface area contributed by atoms with Crippen molar-refractivity contribution in [2.75, 3.05) is 39.7 Å². The number of benzene rings is 1. The number of hydrogen-bond acceptors (Lipinski definition) is 4. The van der Waals surface area contributed by atoms with Crippen LogP contribution in [0.15, 0.2) is 12.1 Å². The van der Waals surface area contributed by atoms with Gasteiger partial charge < -0.3 is 19.7 Å². The smallest absolute Gasteiger partial charge is 0.145 e. The quantitative estimate of drug-likeness (QED) is 0.902. The van der Waals surface area contributed by atoms with Gasteiger partial charge in [0, 0.05) is 18.7 Å². The fraction of sp³-hybridized carbons (Fsp3) is 0.625. The van der Waals surface area contributed by atoms with E-state index >= 15 is 0 Å². The highest BCUT2D eigenvalue weighted by Crippen LogP contribution is 2.37. The lowest BCUT2D eigenvalue weighted by molar-refractivity contribution is 0.197. The summed E-state index contributed by atoms with van der Waals surface area (Å²) in [6, 6.07) is 4.07. The molecule has 1 heterocycles. The molecule has 1 aliphatic rings. The van der Waals surface area contributed by atoms with Crippen molar-refractivity contribution in [1.82, 2.24) is 4.90 Å². The highest BCUT2D eigenvalue weighted by atomic mass is 35.5. The van der Waals surface area contributed by atoms with Gasteiger partial charge >= 0.3 is 0 Å². The molecule has 0 amide bonds. The average molecular weight is 313 g/mol. The second-order valence-corrected chi connectivity index (χ2v) is 6.19. The number of nitrogens with one attached hydrogen (secondary N) is 1. The van der Waals surface area contributed by atoms with Crippen LogP contribution in [0.4, 0.5) is 5.69 Å². The Morgan fingerprint density at radius 3 is 2.62 bits per heavy atom. The van der Waals surface area contributed by atoms with E-state index in [0.29, 0.717) is 22.7 Å². The van der Waals surface area contributed by atoms with Crippen molar-refractivity contribution in [3.05, 3.63) is 17.2 Å². The molecule has 0 saturated carbocycles. The van der Waals surface area contributed by atoms with Crippen LogP contribution >= 0.6 is 11.6 Å². The fourth-order valence-electron chi connectivity index (χ4n) is 2.95. The van der Waals surface area contributed by atoms with Gasteiger partial charge in [-0.05, 0) is 45.3 Å². The van der Waals surface area contributed by atoms with E-state index in [9.17, 15) is 0 Å². The zero-order chi connectivity index (χ0) is 15.4. The summed E-state index contributed by atoms with van der Waals surface area (Å²) in [5.74, 6) is 2.02. The van der Waals surface area contributed by atoms with E-state index in [1.165, 1.54) is 19.4 Å². The fourth-order valence-corrected chi connectivity index (χ4v) is 3.19. The second kappa shape index (κ2) is 7.23. The predicted molar refractivity (Wildman–Crippen MR) is 87.9 cm³/mol. The van der Waals surface area contributed by atoms with Gasteiger partial charge in [-0.3, -0.25) is 0 Å². The number of hydrogen-bond donors (Lipinski definition) is 1. The van der Waals surface area contributed by atoms with Crippen molar-refractivity contribution in [2.45, 2.75) is 25.8 Å². The van der Waals surface area contributed by atoms with E-state index < -0.39 is 0 Å². The molecule has 118 valence electrons. The van der Waals surface area contributed by atoms with Gasteiger partial charge in [-0.2, -0.15) is 0 Å². The minimum Gasteiger partial charge on any atom is -0.495 e. The first-order valence-electron chi connectivity index (χ1n) is 7.41. The minimum absolute atomic E-state index is 0.367. The largest absolute Gasteiger partial charge is 0.495 e. The van der Waals surface area contributed by atoms with Gasteiger partial charge in [-0.25, -0.2) is 0 Å². The molecular formula is C16H25ClN2O2. The molecule has 0 radical (unpaired) electrons. The van der Waals surface area contributed by atoms with Gasteiger partial charge in [0.05, 0.1) is 24.9 Å². The summed E-state index contributed by atoms with van der Waals surface area (Å²) >= 11 is 6.22. The molecule has 0 bridgehead atoms. The Morgan fingerprint density at radius 1 is 1.29 bits per heavy atom. The number of halogens is 1. The van der Waals surface area contributed by atoms with Gasteiger partial charge in [0.25, 0.3) is 0 Å². The van der Waals surface area contributed by atoms with Gasteiger partial charge in [-0.15, -0.1) is 0 Å². The van der Waals surface area contributed by atoms with Gasteiger partial charge in [0.1, 0.15) is 11.5 Å². The van der Waals surface area contributed by atoms with Crippen LogP contribution in [0.5, 0.6) is 11.5 Å². The first-order chi connectivity index (χ1) is 10.0. The summed E-state index contributed by atoms with van der Waals surface area (Å²) in [5.41, 5.74) is 0.920. The Bertz CT molecular complexity index is 482. The van der Waals surface area contributed by atoms with Gasteiger partial charge in [-0.1, -0.05) is 11.6 Å². The molecule has 4 nitrogen and oxygen atoms in total. The molecule has 0 aliphatic carbocycles. The first kappa shape index (κ1) is 16.2. The van der Waals surface area contributed by atoms with Crippen LogP contribution in [0.25, 0.3) is 0 Å². The molecule has 1 fully saturated rings. The van der Waals surface area contributed by atoms with Crippen LogP contribution in [-0.4, -0.2) is 45.3 Å². The van der Waals surface area contributed by atoms with Crippen LogP contribution in [-0.2, 0) is 0 Å². The number of piperidine rings is 1. The summed E-state index contributed by atoms with van der Waals surface area (Å²) in [6.07, 6.45) is 2.51. The van der Waals surface area contributed by atoms with E-state index in [1.54, 1.807) is 14.2 Å². The summed E-state index contributed by atoms with van der Waals surface area (Å²) < 4.78 is 10.7. The second-order valence-electron chi connectivity index (χ2n) is 5.78. The van der Waals surface area contributed by atoms with Crippen LogP contribution in [0, 0.1) is 5.92 Å². The third kappa shape index (κ3) is 3.95. The Balaban J connectivity index is 2.12. The van der Waals surface area contributed by atoms with Crippen LogP contribution in [0.1, 0.15) is 19.8 Å². The van der Waals surface area contributed by atoms with E-state index in [-0.39, 0.29) is 0 Å². The third-order valence-electron chi connectivity index (χ3n) is 4.23. The summed E-state index contributed by atoms with van der Waals surface area (Å²) in [4.78, 5) is 2.39. The molecule has 1 aromatic rings. The Morgan fingerprint density at radius 2 is 2.00 bits per heavy atom. The molecule has 0 spiro atoms. The monoisotopic (exact) mass is 312 g/mol.